The molecule has 1 unspecified atom stereocenters. The fourth-order valence-electron chi connectivity index (χ4n) is 2.73. The molecule has 1 amide bonds. The molecule has 1 heterocycles. The van der Waals surface area contributed by atoms with Crippen molar-refractivity contribution in [1.29, 1.82) is 0 Å². The summed E-state index contributed by atoms with van der Waals surface area (Å²) in [5.41, 5.74) is 1.58. The van der Waals surface area contributed by atoms with E-state index in [1.807, 2.05) is 37.3 Å². The first kappa shape index (κ1) is 18.1. The number of rotatable bonds is 7. The number of amides is 1. The molecule has 0 aliphatic carbocycles. The lowest BCUT2D eigenvalue weighted by molar-refractivity contribution is 0.0939. The van der Waals surface area contributed by atoms with Gasteiger partial charge in [-0.25, -0.2) is 0 Å². The third-order valence-corrected chi connectivity index (χ3v) is 4.30. The van der Waals surface area contributed by atoms with Crippen molar-refractivity contribution in [1.82, 2.24) is 5.32 Å². The highest BCUT2D eigenvalue weighted by molar-refractivity contribution is 5.94. The highest BCUT2D eigenvalue weighted by atomic mass is 16.6. The van der Waals surface area contributed by atoms with Crippen LogP contribution in [0.15, 0.2) is 42.5 Å². The lowest BCUT2D eigenvalue weighted by Gasteiger charge is -2.21. The van der Waals surface area contributed by atoms with Crippen LogP contribution in [-0.2, 0) is 0 Å². The zero-order valence-electron chi connectivity index (χ0n) is 15.3. The predicted molar refractivity (Wildman–Crippen MR) is 100 cm³/mol. The van der Waals surface area contributed by atoms with Gasteiger partial charge in [-0.3, -0.25) is 4.79 Å². The lowest BCUT2D eigenvalue weighted by Crippen LogP contribution is -2.26. The fourth-order valence-corrected chi connectivity index (χ4v) is 2.73. The van der Waals surface area contributed by atoms with Crippen molar-refractivity contribution in [3.05, 3.63) is 53.6 Å². The van der Waals surface area contributed by atoms with E-state index in [9.17, 15) is 4.79 Å². The van der Waals surface area contributed by atoms with Crippen molar-refractivity contribution in [2.24, 2.45) is 0 Å². The zero-order valence-corrected chi connectivity index (χ0v) is 15.3. The van der Waals surface area contributed by atoms with Gasteiger partial charge in [-0.15, -0.1) is 0 Å². The highest BCUT2D eigenvalue weighted by Crippen LogP contribution is 2.32. The first-order chi connectivity index (χ1) is 12.7. The number of benzene rings is 2. The number of carbonyl (C=O) groups is 1. The molecule has 3 rings (SSSR count). The van der Waals surface area contributed by atoms with Gasteiger partial charge in [0.25, 0.3) is 5.91 Å². The highest BCUT2D eigenvalue weighted by Gasteiger charge is 2.16. The maximum Gasteiger partial charge on any atom is 0.251 e. The Morgan fingerprint density at radius 2 is 1.85 bits per heavy atom. The van der Waals surface area contributed by atoms with Gasteiger partial charge in [0, 0.05) is 5.56 Å². The van der Waals surface area contributed by atoms with E-state index in [4.69, 9.17) is 14.2 Å². The van der Waals surface area contributed by atoms with E-state index in [1.54, 1.807) is 12.1 Å². The molecule has 5 nitrogen and oxygen atoms in total. The monoisotopic (exact) mass is 355 g/mol. The molecule has 138 valence electrons. The minimum Gasteiger partial charge on any atom is -0.494 e. The molecule has 2 aromatic carbocycles. The van der Waals surface area contributed by atoms with E-state index in [2.05, 4.69) is 12.2 Å². The molecule has 1 aliphatic rings. The largest absolute Gasteiger partial charge is 0.494 e. The summed E-state index contributed by atoms with van der Waals surface area (Å²) < 4.78 is 16.8. The van der Waals surface area contributed by atoms with E-state index in [0.717, 1.165) is 35.7 Å². The Kier molecular flexibility index (Phi) is 6.00. The number of ether oxygens (including phenoxy) is 3. The molecule has 0 fully saturated rings. The molecule has 0 saturated heterocycles. The van der Waals surface area contributed by atoms with Crippen molar-refractivity contribution >= 4 is 5.91 Å². The quantitative estimate of drug-likeness (QED) is 0.759. The summed E-state index contributed by atoms with van der Waals surface area (Å²) in [7, 11) is 0. The number of hydrogen-bond donors (Lipinski definition) is 1. The fraction of sp³-hybridized carbons (Fsp3) is 0.381. The van der Waals surface area contributed by atoms with Gasteiger partial charge in [-0.1, -0.05) is 19.4 Å². The first-order valence-corrected chi connectivity index (χ1v) is 9.10. The second-order valence-electron chi connectivity index (χ2n) is 6.32. The van der Waals surface area contributed by atoms with Crippen LogP contribution in [0.2, 0.25) is 0 Å². The van der Waals surface area contributed by atoms with Crippen molar-refractivity contribution in [2.75, 3.05) is 19.8 Å². The number of carbonyl (C=O) groups excluding carboxylic acids is 1. The Bertz CT molecular complexity index is 742. The predicted octanol–water partition coefficient (Wildman–Crippen LogP) is 4.13. The van der Waals surface area contributed by atoms with Gasteiger partial charge in [-0.2, -0.15) is 0 Å². The van der Waals surface area contributed by atoms with Crippen LogP contribution in [0, 0.1) is 0 Å². The lowest BCUT2D eigenvalue weighted by atomic mass is 10.1. The van der Waals surface area contributed by atoms with Crippen molar-refractivity contribution < 1.29 is 19.0 Å². The summed E-state index contributed by atoms with van der Waals surface area (Å²) in [5.74, 6) is 2.14. The van der Waals surface area contributed by atoms with Crippen LogP contribution >= 0.6 is 0 Å². The number of fused-ring (bicyclic) bond motifs is 1. The SMILES string of the molecule is CCCCOc1ccc(C(=O)NC(C)c2ccc3c(c2)OCCO3)cc1. The molecule has 26 heavy (non-hydrogen) atoms. The topological polar surface area (TPSA) is 56.8 Å². The van der Waals surface area contributed by atoms with Gasteiger partial charge in [0.2, 0.25) is 0 Å². The second-order valence-corrected chi connectivity index (χ2v) is 6.32. The smallest absolute Gasteiger partial charge is 0.251 e. The molecular weight excluding hydrogens is 330 g/mol. The number of nitrogens with one attached hydrogen (secondary N) is 1. The Morgan fingerprint density at radius 3 is 2.58 bits per heavy atom. The van der Waals surface area contributed by atoms with Crippen LogP contribution in [0.5, 0.6) is 17.2 Å². The van der Waals surface area contributed by atoms with Gasteiger partial charge in [0.15, 0.2) is 11.5 Å². The molecule has 5 heteroatoms. The van der Waals surface area contributed by atoms with E-state index < -0.39 is 0 Å². The van der Waals surface area contributed by atoms with Crippen LogP contribution in [0.25, 0.3) is 0 Å². The van der Waals surface area contributed by atoms with Gasteiger partial charge < -0.3 is 19.5 Å². The minimum absolute atomic E-state index is 0.118. The van der Waals surface area contributed by atoms with E-state index in [1.165, 1.54) is 0 Å². The van der Waals surface area contributed by atoms with E-state index >= 15 is 0 Å². The molecule has 1 N–H and O–H groups in total. The normalized spacial score (nSPS) is 13.8. The summed E-state index contributed by atoms with van der Waals surface area (Å²) in [6, 6.07) is 12.8. The first-order valence-electron chi connectivity index (χ1n) is 9.10. The standard InChI is InChI=1S/C21H25NO4/c1-3-4-11-24-18-8-5-16(6-9-18)21(23)22-15(2)17-7-10-19-20(14-17)26-13-12-25-19/h5-10,14-15H,3-4,11-13H2,1-2H3,(H,22,23). The molecule has 0 saturated carbocycles. The Hall–Kier alpha value is -2.69. The third-order valence-electron chi connectivity index (χ3n) is 4.30. The summed E-state index contributed by atoms with van der Waals surface area (Å²) in [4.78, 5) is 12.5. The molecule has 0 bridgehead atoms. The molecule has 1 atom stereocenters. The average molecular weight is 355 g/mol. The third kappa shape index (κ3) is 4.48. The van der Waals surface area contributed by atoms with Crippen LogP contribution in [0.4, 0.5) is 0 Å². The average Bonchev–Trinajstić information content (AvgIpc) is 2.68. The molecular formula is C21H25NO4. The van der Waals surface area contributed by atoms with Gasteiger partial charge >= 0.3 is 0 Å². The van der Waals surface area contributed by atoms with Crippen LogP contribution in [-0.4, -0.2) is 25.7 Å². The van der Waals surface area contributed by atoms with Crippen LogP contribution in [0.3, 0.4) is 0 Å². The number of hydrogen-bond acceptors (Lipinski definition) is 4. The maximum atomic E-state index is 12.5. The summed E-state index contributed by atoms with van der Waals surface area (Å²) >= 11 is 0. The van der Waals surface area contributed by atoms with Gasteiger partial charge in [0.1, 0.15) is 19.0 Å². The van der Waals surface area contributed by atoms with Crippen LogP contribution < -0.4 is 19.5 Å². The molecule has 0 spiro atoms. The van der Waals surface area contributed by atoms with Crippen molar-refractivity contribution in [3.8, 4) is 17.2 Å². The minimum atomic E-state index is -0.140. The van der Waals surface area contributed by atoms with Crippen molar-refractivity contribution in [3.63, 3.8) is 0 Å². The Morgan fingerprint density at radius 1 is 1.12 bits per heavy atom. The van der Waals surface area contributed by atoms with E-state index in [-0.39, 0.29) is 11.9 Å². The summed E-state index contributed by atoms with van der Waals surface area (Å²) in [6.45, 7) is 5.88. The van der Waals surface area contributed by atoms with Crippen molar-refractivity contribution in [2.45, 2.75) is 32.7 Å². The van der Waals surface area contributed by atoms with Crippen LogP contribution in [0.1, 0.15) is 48.7 Å². The van der Waals surface area contributed by atoms with Gasteiger partial charge in [-0.05, 0) is 55.3 Å². The zero-order chi connectivity index (χ0) is 18.4. The molecule has 1 aliphatic heterocycles. The molecule has 0 radical (unpaired) electrons. The van der Waals surface area contributed by atoms with E-state index in [0.29, 0.717) is 25.4 Å². The number of unbranched alkanes of at least 4 members (excludes halogenated alkanes) is 1. The Labute approximate surface area is 154 Å². The second kappa shape index (κ2) is 8.61. The molecule has 2 aromatic rings. The summed E-state index contributed by atoms with van der Waals surface area (Å²) in [6.07, 6.45) is 2.12. The van der Waals surface area contributed by atoms with Gasteiger partial charge in [0.05, 0.1) is 12.6 Å². The molecule has 0 aromatic heterocycles. The summed E-state index contributed by atoms with van der Waals surface area (Å²) in [5, 5.41) is 3.01. The maximum absolute atomic E-state index is 12.5. The Balaban J connectivity index is 1.60.